The van der Waals surface area contributed by atoms with Gasteiger partial charge in [-0.25, -0.2) is 0 Å². The van der Waals surface area contributed by atoms with Crippen LogP contribution in [-0.2, 0) is 16.1 Å². The first-order valence-corrected chi connectivity index (χ1v) is 9.59. The van der Waals surface area contributed by atoms with Crippen LogP contribution >= 0.6 is 0 Å². The molecule has 2 aromatic carbocycles. The summed E-state index contributed by atoms with van der Waals surface area (Å²) in [5.41, 5.74) is 3.45. The summed E-state index contributed by atoms with van der Waals surface area (Å²) < 4.78 is 5.38. The molecule has 6 nitrogen and oxygen atoms in total. The van der Waals surface area contributed by atoms with Crippen LogP contribution in [0.1, 0.15) is 29.8 Å². The fraction of sp³-hybridized carbons (Fsp3) is 0.364. The van der Waals surface area contributed by atoms with Gasteiger partial charge in [-0.05, 0) is 55.8 Å². The number of anilines is 2. The second-order valence-electron chi connectivity index (χ2n) is 7.07. The smallest absolute Gasteiger partial charge is 0.246 e. The van der Waals surface area contributed by atoms with Gasteiger partial charge < -0.3 is 15.4 Å². The predicted molar refractivity (Wildman–Crippen MR) is 111 cm³/mol. The minimum Gasteiger partial charge on any atom is -0.379 e. The summed E-state index contributed by atoms with van der Waals surface area (Å²) >= 11 is 0. The molecule has 0 saturated carbocycles. The lowest BCUT2D eigenvalue weighted by molar-refractivity contribution is -0.116. The van der Waals surface area contributed by atoms with Crippen molar-refractivity contribution >= 4 is 23.1 Å². The number of hydrogen-bond donors (Lipinski definition) is 2. The Hall–Kier alpha value is -2.70. The molecule has 6 heteroatoms. The van der Waals surface area contributed by atoms with E-state index in [1.54, 1.807) is 24.3 Å². The van der Waals surface area contributed by atoms with Crippen molar-refractivity contribution < 1.29 is 14.3 Å². The zero-order valence-electron chi connectivity index (χ0n) is 16.4. The molecule has 1 atom stereocenters. The third kappa shape index (κ3) is 5.65. The van der Waals surface area contributed by atoms with Crippen molar-refractivity contribution in [3.05, 3.63) is 59.7 Å². The van der Waals surface area contributed by atoms with Crippen LogP contribution in [0.25, 0.3) is 0 Å². The lowest BCUT2D eigenvalue weighted by Crippen LogP contribution is -2.35. The number of rotatable bonds is 7. The van der Waals surface area contributed by atoms with Crippen molar-refractivity contribution in [2.75, 3.05) is 36.9 Å². The maximum Gasteiger partial charge on any atom is 0.246 e. The van der Waals surface area contributed by atoms with Crippen LogP contribution < -0.4 is 10.6 Å². The van der Waals surface area contributed by atoms with Crippen molar-refractivity contribution in [2.45, 2.75) is 26.4 Å². The average molecular weight is 381 g/mol. The molecular weight excluding hydrogens is 354 g/mol. The summed E-state index contributed by atoms with van der Waals surface area (Å²) in [5.74, 6) is -0.127. The molecule has 1 aliphatic heterocycles. The molecule has 3 rings (SSSR count). The minimum absolute atomic E-state index is 0.00461. The second-order valence-corrected chi connectivity index (χ2v) is 7.07. The first kappa shape index (κ1) is 20.0. The molecule has 2 N–H and O–H groups in total. The van der Waals surface area contributed by atoms with Gasteiger partial charge in [0.05, 0.1) is 13.2 Å². The summed E-state index contributed by atoms with van der Waals surface area (Å²) in [4.78, 5) is 26.1. The van der Waals surface area contributed by atoms with E-state index < -0.39 is 6.04 Å². The number of nitrogens with one attached hydrogen (secondary N) is 2. The molecule has 2 aromatic rings. The molecule has 0 bridgehead atoms. The summed E-state index contributed by atoms with van der Waals surface area (Å²) in [5, 5.41) is 6.08. The van der Waals surface area contributed by atoms with Crippen LogP contribution in [0, 0.1) is 0 Å². The van der Waals surface area contributed by atoms with Gasteiger partial charge >= 0.3 is 0 Å². The minimum atomic E-state index is -0.391. The van der Waals surface area contributed by atoms with Crippen molar-refractivity contribution in [1.29, 1.82) is 0 Å². The van der Waals surface area contributed by atoms with E-state index in [1.165, 1.54) is 12.5 Å². The third-order valence-corrected chi connectivity index (χ3v) is 4.80. The number of hydrogen-bond acceptors (Lipinski definition) is 5. The number of carbonyl (C=O) groups excluding carboxylic acids is 2. The number of amides is 1. The van der Waals surface area contributed by atoms with Gasteiger partial charge in [0.25, 0.3) is 0 Å². The first-order valence-electron chi connectivity index (χ1n) is 9.59. The molecule has 0 aliphatic carbocycles. The van der Waals surface area contributed by atoms with Gasteiger partial charge in [0, 0.05) is 36.6 Å². The van der Waals surface area contributed by atoms with Gasteiger partial charge in [0.15, 0.2) is 5.78 Å². The molecule has 148 valence electrons. The SMILES string of the molecule is CC(=O)c1ccc(NC(=O)[C@H](C)Nc2ccc(CN3CCOCC3)cc2)cc1. The Balaban J connectivity index is 1.50. The highest BCUT2D eigenvalue weighted by atomic mass is 16.5. The van der Waals surface area contributed by atoms with Crippen molar-refractivity contribution in [1.82, 2.24) is 4.90 Å². The van der Waals surface area contributed by atoms with E-state index in [2.05, 4.69) is 27.7 Å². The Morgan fingerprint density at radius 3 is 2.21 bits per heavy atom. The fourth-order valence-electron chi connectivity index (χ4n) is 3.08. The van der Waals surface area contributed by atoms with Gasteiger partial charge in [0.1, 0.15) is 6.04 Å². The third-order valence-electron chi connectivity index (χ3n) is 4.80. The van der Waals surface area contributed by atoms with E-state index in [0.717, 1.165) is 38.5 Å². The van der Waals surface area contributed by atoms with Crippen molar-refractivity contribution in [3.8, 4) is 0 Å². The number of carbonyl (C=O) groups is 2. The monoisotopic (exact) mass is 381 g/mol. The van der Waals surface area contributed by atoms with Crippen LogP contribution in [0.4, 0.5) is 11.4 Å². The summed E-state index contributed by atoms with van der Waals surface area (Å²) in [6, 6.07) is 14.7. The number of ether oxygens (including phenoxy) is 1. The molecule has 1 amide bonds. The molecule has 0 aromatic heterocycles. The molecule has 1 saturated heterocycles. The van der Waals surface area contributed by atoms with Crippen LogP contribution in [0.2, 0.25) is 0 Å². The van der Waals surface area contributed by atoms with Crippen molar-refractivity contribution in [2.24, 2.45) is 0 Å². The molecule has 0 spiro atoms. The quantitative estimate of drug-likeness (QED) is 0.721. The predicted octanol–water partition coefficient (Wildman–Crippen LogP) is 3.16. The van der Waals surface area contributed by atoms with Gasteiger partial charge in [-0.15, -0.1) is 0 Å². The van der Waals surface area contributed by atoms with Crippen LogP contribution in [-0.4, -0.2) is 48.9 Å². The lowest BCUT2D eigenvalue weighted by Gasteiger charge is -2.26. The number of ketones is 1. The zero-order chi connectivity index (χ0) is 19.9. The van der Waals surface area contributed by atoms with Crippen LogP contribution in [0.5, 0.6) is 0 Å². The Morgan fingerprint density at radius 1 is 1.00 bits per heavy atom. The Bertz CT molecular complexity index is 797. The normalized spacial score (nSPS) is 15.6. The van der Waals surface area contributed by atoms with Gasteiger partial charge in [0.2, 0.25) is 5.91 Å². The maximum absolute atomic E-state index is 12.4. The molecule has 1 aliphatic rings. The van der Waals surface area contributed by atoms with Crippen LogP contribution in [0.15, 0.2) is 48.5 Å². The largest absolute Gasteiger partial charge is 0.379 e. The fourth-order valence-corrected chi connectivity index (χ4v) is 3.08. The average Bonchev–Trinajstić information content (AvgIpc) is 2.70. The van der Waals surface area contributed by atoms with E-state index in [9.17, 15) is 9.59 Å². The summed E-state index contributed by atoms with van der Waals surface area (Å²) in [6.07, 6.45) is 0. The molecule has 1 fully saturated rings. The molecule has 0 unspecified atom stereocenters. The Morgan fingerprint density at radius 2 is 1.61 bits per heavy atom. The summed E-state index contributed by atoms with van der Waals surface area (Å²) in [7, 11) is 0. The van der Waals surface area contributed by atoms with E-state index in [4.69, 9.17) is 4.74 Å². The molecule has 28 heavy (non-hydrogen) atoms. The Labute approximate surface area is 165 Å². The van der Waals surface area contributed by atoms with E-state index >= 15 is 0 Å². The first-order chi connectivity index (χ1) is 13.5. The number of morpholine rings is 1. The maximum atomic E-state index is 12.4. The van der Waals surface area contributed by atoms with Gasteiger partial charge in [-0.2, -0.15) is 0 Å². The van der Waals surface area contributed by atoms with E-state index in [1.807, 2.05) is 19.1 Å². The number of nitrogens with zero attached hydrogens (tertiary/aromatic N) is 1. The van der Waals surface area contributed by atoms with E-state index in [0.29, 0.717) is 11.3 Å². The highest BCUT2D eigenvalue weighted by molar-refractivity contribution is 5.97. The highest BCUT2D eigenvalue weighted by Gasteiger charge is 2.14. The van der Waals surface area contributed by atoms with Crippen molar-refractivity contribution in [3.63, 3.8) is 0 Å². The van der Waals surface area contributed by atoms with E-state index in [-0.39, 0.29) is 11.7 Å². The zero-order valence-corrected chi connectivity index (χ0v) is 16.4. The Kier molecular flexibility index (Phi) is 6.79. The summed E-state index contributed by atoms with van der Waals surface area (Å²) in [6.45, 7) is 7.77. The highest BCUT2D eigenvalue weighted by Crippen LogP contribution is 2.15. The lowest BCUT2D eigenvalue weighted by atomic mass is 10.1. The second kappa shape index (κ2) is 9.48. The topological polar surface area (TPSA) is 70.7 Å². The molecule has 0 radical (unpaired) electrons. The molecular formula is C22H27N3O3. The van der Waals surface area contributed by atoms with Crippen LogP contribution in [0.3, 0.4) is 0 Å². The number of benzene rings is 2. The van der Waals surface area contributed by atoms with Gasteiger partial charge in [-0.3, -0.25) is 14.5 Å². The van der Waals surface area contributed by atoms with Gasteiger partial charge in [-0.1, -0.05) is 12.1 Å². The molecule has 1 heterocycles. The standard InChI is InChI=1S/C22H27N3O3/c1-16(22(27)24-21-9-5-19(6-10-21)17(2)26)23-20-7-3-18(4-8-20)15-25-11-13-28-14-12-25/h3-10,16,23H,11-15H2,1-2H3,(H,24,27)/t16-/m0/s1. The number of Topliss-reactive ketones (excluding diaryl/α,β-unsaturated/α-hetero) is 1.